The summed E-state index contributed by atoms with van der Waals surface area (Å²) in [6.07, 6.45) is 4.11. The van der Waals surface area contributed by atoms with Crippen molar-refractivity contribution in [3.05, 3.63) is 41.0 Å². The van der Waals surface area contributed by atoms with Crippen LogP contribution in [0.1, 0.15) is 23.3 Å². The highest BCUT2D eigenvalue weighted by Crippen LogP contribution is 2.35. The van der Waals surface area contributed by atoms with Crippen molar-refractivity contribution in [2.45, 2.75) is 31.6 Å². The van der Waals surface area contributed by atoms with Crippen LogP contribution < -0.4 is 10.2 Å². The predicted molar refractivity (Wildman–Crippen MR) is 120 cm³/mol. The second-order valence-corrected chi connectivity index (χ2v) is 10.9. The number of hydrogen-bond acceptors (Lipinski definition) is 7. The molecule has 7 nitrogen and oxygen atoms in total. The standard InChI is InChI=1S/C21H24N4O3S2/c1-13-14(2)29-21-18(13)19(22-12-23-21)25-10-8-15(9-11-25)20(26)24-16-6-4-5-7-17(16)30(3,27)28/h4-7,12,15H,8-11H2,1-3H3,(H,24,26). The summed E-state index contributed by atoms with van der Waals surface area (Å²) in [6.45, 7) is 5.62. The van der Waals surface area contributed by atoms with E-state index in [2.05, 4.69) is 34.0 Å². The molecule has 1 aromatic carbocycles. The third-order valence-electron chi connectivity index (χ3n) is 5.66. The number of para-hydroxylation sites is 1. The number of carbonyl (C=O) groups is 1. The van der Waals surface area contributed by atoms with Crippen LogP contribution in [0.2, 0.25) is 0 Å². The molecule has 1 saturated heterocycles. The Labute approximate surface area is 180 Å². The highest BCUT2D eigenvalue weighted by molar-refractivity contribution is 7.90. The number of nitrogens with zero attached hydrogens (tertiary/aromatic N) is 3. The number of thiophene rings is 1. The van der Waals surface area contributed by atoms with Crippen LogP contribution in [0.5, 0.6) is 0 Å². The fraction of sp³-hybridized carbons (Fsp3) is 0.381. The zero-order valence-corrected chi connectivity index (χ0v) is 18.8. The number of benzene rings is 1. The molecule has 0 unspecified atom stereocenters. The Morgan fingerprint density at radius 3 is 2.57 bits per heavy atom. The number of aryl methyl sites for hydroxylation is 2. The molecular weight excluding hydrogens is 420 g/mol. The van der Waals surface area contributed by atoms with E-state index in [0.717, 1.165) is 22.3 Å². The van der Waals surface area contributed by atoms with E-state index < -0.39 is 9.84 Å². The molecule has 0 aliphatic carbocycles. The Balaban J connectivity index is 1.48. The number of nitrogens with one attached hydrogen (secondary N) is 1. The van der Waals surface area contributed by atoms with Gasteiger partial charge in [0.05, 0.1) is 16.0 Å². The number of hydrogen-bond donors (Lipinski definition) is 1. The molecule has 2 aromatic heterocycles. The van der Waals surface area contributed by atoms with Crippen LogP contribution in [-0.2, 0) is 14.6 Å². The zero-order chi connectivity index (χ0) is 21.5. The fourth-order valence-electron chi connectivity index (χ4n) is 3.89. The molecule has 3 aromatic rings. The van der Waals surface area contributed by atoms with Gasteiger partial charge in [-0.2, -0.15) is 0 Å². The van der Waals surface area contributed by atoms with E-state index >= 15 is 0 Å². The number of piperidine rings is 1. The molecule has 0 atom stereocenters. The van der Waals surface area contributed by atoms with Crippen LogP contribution in [0.3, 0.4) is 0 Å². The molecule has 1 N–H and O–H groups in total. The Morgan fingerprint density at radius 1 is 1.17 bits per heavy atom. The molecule has 1 aliphatic rings. The van der Waals surface area contributed by atoms with Gasteiger partial charge >= 0.3 is 0 Å². The van der Waals surface area contributed by atoms with E-state index in [1.165, 1.54) is 16.5 Å². The van der Waals surface area contributed by atoms with Gasteiger partial charge in [0.2, 0.25) is 5.91 Å². The topological polar surface area (TPSA) is 92.3 Å². The van der Waals surface area contributed by atoms with Crippen LogP contribution in [0.4, 0.5) is 11.5 Å². The van der Waals surface area contributed by atoms with E-state index in [-0.39, 0.29) is 16.7 Å². The first kappa shape index (κ1) is 20.7. The van der Waals surface area contributed by atoms with Crippen molar-refractivity contribution in [2.24, 2.45) is 5.92 Å². The second-order valence-electron chi connectivity index (χ2n) is 7.68. The molecule has 0 spiro atoms. The van der Waals surface area contributed by atoms with Crippen molar-refractivity contribution in [1.82, 2.24) is 9.97 Å². The summed E-state index contributed by atoms with van der Waals surface area (Å²) in [4.78, 5) is 26.3. The molecule has 4 rings (SSSR count). The van der Waals surface area contributed by atoms with Gasteiger partial charge in [0, 0.05) is 30.1 Å². The number of carbonyl (C=O) groups excluding carboxylic acids is 1. The summed E-state index contributed by atoms with van der Waals surface area (Å²) >= 11 is 1.68. The minimum Gasteiger partial charge on any atom is -0.356 e. The largest absolute Gasteiger partial charge is 0.356 e. The minimum absolute atomic E-state index is 0.138. The summed E-state index contributed by atoms with van der Waals surface area (Å²) in [5.74, 6) is 0.626. The number of aromatic nitrogens is 2. The lowest BCUT2D eigenvalue weighted by molar-refractivity contribution is -0.120. The molecule has 1 amide bonds. The van der Waals surface area contributed by atoms with Gasteiger partial charge in [0.25, 0.3) is 0 Å². The van der Waals surface area contributed by atoms with E-state index in [0.29, 0.717) is 31.6 Å². The van der Waals surface area contributed by atoms with Crippen LogP contribution in [0.15, 0.2) is 35.5 Å². The molecule has 3 heterocycles. The van der Waals surface area contributed by atoms with Gasteiger partial charge in [-0.1, -0.05) is 12.1 Å². The third-order valence-corrected chi connectivity index (χ3v) is 7.93. The first-order valence-corrected chi connectivity index (χ1v) is 12.5. The van der Waals surface area contributed by atoms with E-state index in [9.17, 15) is 13.2 Å². The summed E-state index contributed by atoms with van der Waals surface area (Å²) in [6, 6.07) is 6.52. The maximum Gasteiger partial charge on any atom is 0.227 e. The highest BCUT2D eigenvalue weighted by atomic mass is 32.2. The monoisotopic (exact) mass is 444 g/mol. The van der Waals surface area contributed by atoms with Crippen LogP contribution in [0, 0.1) is 19.8 Å². The molecular formula is C21H24N4O3S2. The lowest BCUT2D eigenvalue weighted by Gasteiger charge is -2.32. The Kier molecular flexibility index (Phi) is 5.50. The third kappa shape index (κ3) is 3.91. The lowest BCUT2D eigenvalue weighted by atomic mass is 9.95. The highest BCUT2D eigenvalue weighted by Gasteiger charge is 2.28. The predicted octanol–water partition coefficient (Wildman–Crippen LogP) is 3.57. The Hall–Kier alpha value is -2.52. The molecule has 1 aliphatic heterocycles. The zero-order valence-electron chi connectivity index (χ0n) is 17.2. The molecule has 9 heteroatoms. The van der Waals surface area contributed by atoms with Crippen molar-refractivity contribution < 1.29 is 13.2 Å². The second kappa shape index (κ2) is 7.96. The molecule has 0 bridgehead atoms. The van der Waals surface area contributed by atoms with Gasteiger partial charge in [-0.15, -0.1) is 11.3 Å². The minimum atomic E-state index is -3.41. The quantitative estimate of drug-likeness (QED) is 0.661. The Bertz CT molecular complexity index is 1210. The molecule has 30 heavy (non-hydrogen) atoms. The lowest BCUT2D eigenvalue weighted by Crippen LogP contribution is -2.38. The number of fused-ring (bicyclic) bond motifs is 1. The number of sulfone groups is 1. The van der Waals surface area contributed by atoms with Gasteiger partial charge in [-0.25, -0.2) is 18.4 Å². The van der Waals surface area contributed by atoms with Crippen LogP contribution in [-0.4, -0.2) is 43.6 Å². The first-order chi connectivity index (χ1) is 14.3. The fourth-order valence-corrected chi connectivity index (χ4v) is 5.72. The van der Waals surface area contributed by atoms with Gasteiger partial charge < -0.3 is 10.2 Å². The van der Waals surface area contributed by atoms with Gasteiger partial charge in [0.15, 0.2) is 9.84 Å². The van der Waals surface area contributed by atoms with E-state index in [4.69, 9.17) is 0 Å². The average molecular weight is 445 g/mol. The molecule has 0 saturated carbocycles. The maximum absolute atomic E-state index is 12.8. The number of anilines is 2. The van der Waals surface area contributed by atoms with Crippen LogP contribution >= 0.6 is 11.3 Å². The average Bonchev–Trinajstić information content (AvgIpc) is 3.01. The van der Waals surface area contributed by atoms with Crippen LogP contribution in [0.25, 0.3) is 10.2 Å². The normalized spacial score (nSPS) is 15.5. The number of amides is 1. The van der Waals surface area contributed by atoms with Gasteiger partial charge in [-0.3, -0.25) is 4.79 Å². The Morgan fingerprint density at radius 2 is 1.87 bits per heavy atom. The van der Waals surface area contributed by atoms with Crippen molar-refractivity contribution in [2.75, 3.05) is 29.6 Å². The van der Waals surface area contributed by atoms with Crippen molar-refractivity contribution in [1.29, 1.82) is 0 Å². The molecule has 1 fully saturated rings. The van der Waals surface area contributed by atoms with Gasteiger partial charge in [-0.05, 0) is 44.4 Å². The summed E-state index contributed by atoms with van der Waals surface area (Å²) in [7, 11) is -3.41. The molecule has 158 valence electrons. The maximum atomic E-state index is 12.8. The summed E-state index contributed by atoms with van der Waals surface area (Å²) < 4.78 is 24.0. The van der Waals surface area contributed by atoms with E-state index in [1.807, 2.05) is 0 Å². The summed E-state index contributed by atoms with van der Waals surface area (Å²) in [5, 5.41) is 3.92. The SMILES string of the molecule is Cc1sc2ncnc(N3CCC(C(=O)Nc4ccccc4S(C)(=O)=O)CC3)c2c1C. The van der Waals surface area contributed by atoms with Crippen molar-refractivity contribution >= 4 is 48.8 Å². The van der Waals surface area contributed by atoms with E-state index in [1.54, 1.807) is 35.9 Å². The summed E-state index contributed by atoms with van der Waals surface area (Å²) in [5.41, 5.74) is 1.55. The van der Waals surface area contributed by atoms with Gasteiger partial charge in [0.1, 0.15) is 17.0 Å². The van der Waals surface area contributed by atoms with Crippen molar-refractivity contribution in [3.63, 3.8) is 0 Å². The first-order valence-electron chi connectivity index (χ1n) is 9.81. The van der Waals surface area contributed by atoms with Crippen molar-refractivity contribution in [3.8, 4) is 0 Å². The number of rotatable bonds is 4. The smallest absolute Gasteiger partial charge is 0.227 e. The molecule has 0 radical (unpaired) electrons.